The van der Waals surface area contributed by atoms with E-state index in [0.717, 1.165) is 0 Å². The van der Waals surface area contributed by atoms with Crippen LogP contribution < -0.4 is 16.0 Å². The van der Waals surface area contributed by atoms with Gasteiger partial charge in [0.2, 0.25) is 5.82 Å². The van der Waals surface area contributed by atoms with Crippen molar-refractivity contribution in [2.45, 2.75) is 13.5 Å². The maximum absolute atomic E-state index is 10.8. The Bertz CT molecular complexity index is 649. The summed E-state index contributed by atoms with van der Waals surface area (Å²) in [6, 6.07) is 4.35. The minimum absolute atomic E-state index is 0.00455. The number of non-ortho nitro benzene ring substituents is 1. The maximum Gasteiger partial charge on any atom is 0.342 e. The van der Waals surface area contributed by atoms with E-state index in [1.807, 2.05) is 6.92 Å². The number of benzene rings is 1. The number of hydrogen-bond acceptors (Lipinski definition) is 5. The molecule has 100 valence electrons. The first-order chi connectivity index (χ1) is 8.90. The summed E-state index contributed by atoms with van der Waals surface area (Å²) in [6.45, 7) is 2.16. The van der Waals surface area contributed by atoms with Crippen molar-refractivity contribution in [3.63, 3.8) is 0 Å². The van der Waals surface area contributed by atoms with Crippen LogP contribution in [-0.2, 0) is 13.6 Å². The van der Waals surface area contributed by atoms with Gasteiger partial charge in [0, 0.05) is 30.3 Å². The predicted octanol–water partition coefficient (Wildman–Crippen LogP) is 0.137. The third-order valence-electron chi connectivity index (χ3n) is 2.96. The van der Waals surface area contributed by atoms with Crippen molar-refractivity contribution in [1.82, 2.24) is 9.78 Å². The Labute approximate surface area is 109 Å². The molecule has 1 heterocycles. The van der Waals surface area contributed by atoms with Gasteiger partial charge in [-0.3, -0.25) is 10.1 Å². The molecule has 0 aliphatic carbocycles. The summed E-state index contributed by atoms with van der Waals surface area (Å²) >= 11 is 0. The molecule has 0 aliphatic heterocycles. The zero-order chi connectivity index (χ0) is 14.2. The smallest absolute Gasteiger partial charge is 0.342 e. The number of aryl methyl sites for hydroxylation is 2. The van der Waals surface area contributed by atoms with E-state index < -0.39 is 4.92 Å². The van der Waals surface area contributed by atoms with Crippen molar-refractivity contribution in [3.05, 3.63) is 39.7 Å². The van der Waals surface area contributed by atoms with Crippen LogP contribution in [-0.4, -0.2) is 14.7 Å². The van der Waals surface area contributed by atoms with Gasteiger partial charge in [-0.25, -0.2) is 4.57 Å². The molecule has 1 aromatic carbocycles. The lowest BCUT2D eigenvalue weighted by Crippen LogP contribution is -2.39. The summed E-state index contributed by atoms with van der Waals surface area (Å²) in [4.78, 5) is 10.3. The highest BCUT2D eigenvalue weighted by atomic mass is 16.6. The number of nitrogen functional groups attached to an aromatic ring is 2. The molecule has 0 radical (unpaired) electrons. The van der Waals surface area contributed by atoms with E-state index >= 15 is 0 Å². The zero-order valence-corrected chi connectivity index (χ0v) is 10.7. The lowest BCUT2D eigenvalue weighted by atomic mass is 10.1. The Morgan fingerprint density at radius 3 is 2.68 bits per heavy atom. The summed E-state index contributed by atoms with van der Waals surface area (Å²) in [6.07, 6.45) is 0. The van der Waals surface area contributed by atoms with Crippen molar-refractivity contribution in [3.8, 4) is 0 Å². The molecule has 0 saturated heterocycles. The van der Waals surface area contributed by atoms with Crippen molar-refractivity contribution in [2.75, 3.05) is 11.5 Å². The lowest BCUT2D eigenvalue weighted by Gasteiger charge is -2.05. The molecule has 0 aliphatic rings. The average Bonchev–Trinajstić information content (AvgIpc) is 2.58. The third kappa shape index (κ3) is 2.32. The summed E-state index contributed by atoms with van der Waals surface area (Å²) < 4.78 is 3.29. The second-order valence-corrected chi connectivity index (χ2v) is 4.26. The van der Waals surface area contributed by atoms with Crippen LogP contribution in [0.4, 0.5) is 17.3 Å². The van der Waals surface area contributed by atoms with Crippen molar-refractivity contribution < 1.29 is 9.49 Å². The lowest BCUT2D eigenvalue weighted by molar-refractivity contribution is -0.680. The number of nitrogens with two attached hydrogens (primary N) is 2. The van der Waals surface area contributed by atoms with Gasteiger partial charge in [-0.2, -0.15) is 0 Å². The quantitative estimate of drug-likeness (QED) is 0.353. The number of nitro groups is 1. The van der Waals surface area contributed by atoms with Crippen molar-refractivity contribution in [2.24, 2.45) is 7.05 Å². The molecule has 4 N–H and O–H groups in total. The molecule has 0 fully saturated rings. The molecular weight excluding hydrogens is 248 g/mol. The largest absolute Gasteiger partial charge is 0.398 e. The summed E-state index contributed by atoms with van der Waals surface area (Å²) in [5.74, 6) is 1.18. The van der Waals surface area contributed by atoms with Crippen LogP contribution in [0.2, 0.25) is 0 Å². The molecule has 0 bridgehead atoms. The van der Waals surface area contributed by atoms with Crippen LogP contribution in [0.1, 0.15) is 11.4 Å². The van der Waals surface area contributed by atoms with Gasteiger partial charge in [-0.15, -0.1) is 4.68 Å². The number of anilines is 2. The Hall–Kier alpha value is -2.64. The van der Waals surface area contributed by atoms with Gasteiger partial charge in [-0.05, 0) is 11.2 Å². The highest BCUT2D eigenvalue weighted by Gasteiger charge is 2.18. The second-order valence-electron chi connectivity index (χ2n) is 4.26. The molecule has 0 spiro atoms. The number of aromatic nitrogens is 3. The molecular formula is C11H15N6O2+. The SMILES string of the molecule is Cc1nn(C)c(N)[n+]1Cc1cc([N+](=O)[O-])ccc1N. The summed E-state index contributed by atoms with van der Waals surface area (Å²) in [7, 11) is 1.73. The van der Waals surface area contributed by atoms with Crippen LogP contribution in [0.5, 0.6) is 0 Å². The van der Waals surface area contributed by atoms with Crippen LogP contribution >= 0.6 is 0 Å². The van der Waals surface area contributed by atoms with E-state index in [1.165, 1.54) is 18.2 Å². The highest BCUT2D eigenvalue weighted by molar-refractivity contribution is 5.52. The molecule has 0 atom stereocenters. The standard InChI is InChI=1S/C11H14N6O2/c1-7-14-15(2)11(13)16(7)6-8-5-9(17(18)19)3-4-10(8)12/h3-5,13H,6,12H2,1-2H3/p+1. The fraction of sp³-hybridized carbons (Fsp3) is 0.273. The first-order valence-electron chi connectivity index (χ1n) is 5.62. The monoisotopic (exact) mass is 263 g/mol. The van der Waals surface area contributed by atoms with Crippen LogP contribution in [0, 0.1) is 17.0 Å². The average molecular weight is 263 g/mol. The summed E-state index contributed by atoms with van der Waals surface area (Å²) in [5.41, 5.74) is 12.9. The van der Waals surface area contributed by atoms with E-state index in [4.69, 9.17) is 11.5 Å². The van der Waals surface area contributed by atoms with Gasteiger partial charge in [0.05, 0.1) is 18.5 Å². The number of nitro benzene ring substituents is 1. The van der Waals surface area contributed by atoms with Gasteiger partial charge in [-0.1, -0.05) is 0 Å². The van der Waals surface area contributed by atoms with E-state index in [1.54, 1.807) is 16.3 Å². The minimum atomic E-state index is -0.451. The fourth-order valence-corrected chi connectivity index (χ4v) is 1.87. The van der Waals surface area contributed by atoms with E-state index in [9.17, 15) is 10.1 Å². The first-order valence-corrected chi connectivity index (χ1v) is 5.62. The molecule has 2 aromatic rings. The molecule has 8 nitrogen and oxygen atoms in total. The Balaban J connectivity index is 2.43. The molecule has 1 aromatic heterocycles. The first kappa shape index (κ1) is 12.8. The van der Waals surface area contributed by atoms with Gasteiger partial charge < -0.3 is 11.5 Å². The number of rotatable bonds is 3. The molecule has 0 amide bonds. The van der Waals surface area contributed by atoms with Crippen molar-refractivity contribution in [1.29, 1.82) is 0 Å². The Morgan fingerprint density at radius 1 is 1.47 bits per heavy atom. The molecule has 0 saturated carbocycles. The van der Waals surface area contributed by atoms with Crippen molar-refractivity contribution >= 4 is 17.3 Å². The van der Waals surface area contributed by atoms with Crippen LogP contribution in [0.25, 0.3) is 0 Å². The molecule has 8 heteroatoms. The topological polar surface area (TPSA) is 117 Å². The van der Waals surface area contributed by atoms with Gasteiger partial charge in [0.15, 0.2) is 0 Å². The second kappa shape index (κ2) is 4.56. The third-order valence-corrected chi connectivity index (χ3v) is 2.96. The fourth-order valence-electron chi connectivity index (χ4n) is 1.87. The Morgan fingerprint density at radius 2 is 2.16 bits per heavy atom. The molecule has 0 unspecified atom stereocenters. The van der Waals surface area contributed by atoms with Gasteiger partial charge >= 0.3 is 5.95 Å². The zero-order valence-electron chi connectivity index (χ0n) is 10.7. The van der Waals surface area contributed by atoms with E-state index in [0.29, 0.717) is 29.6 Å². The number of nitrogens with zero attached hydrogens (tertiary/aromatic N) is 4. The predicted molar refractivity (Wildman–Crippen MR) is 69.2 cm³/mol. The number of hydrogen-bond donors (Lipinski definition) is 2. The van der Waals surface area contributed by atoms with Crippen LogP contribution in [0.15, 0.2) is 18.2 Å². The highest BCUT2D eigenvalue weighted by Crippen LogP contribution is 2.19. The normalized spacial score (nSPS) is 10.6. The summed E-state index contributed by atoms with van der Waals surface area (Å²) in [5, 5.41) is 14.9. The van der Waals surface area contributed by atoms with Gasteiger partial charge in [0.25, 0.3) is 5.69 Å². The van der Waals surface area contributed by atoms with E-state index in [-0.39, 0.29) is 5.69 Å². The molecule has 2 rings (SSSR count). The van der Waals surface area contributed by atoms with E-state index in [2.05, 4.69) is 5.10 Å². The maximum atomic E-state index is 10.8. The molecule has 19 heavy (non-hydrogen) atoms. The van der Waals surface area contributed by atoms with Crippen LogP contribution in [0.3, 0.4) is 0 Å². The van der Waals surface area contributed by atoms with Gasteiger partial charge in [0.1, 0.15) is 0 Å². The minimum Gasteiger partial charge on any atom is -0.398 e. The Kier molecular flexibility index (Phi) is 3.07.